The molecule has 0 aliphatic heterocycles. The highest BCUT2D eigenvalue weighted by molar-refractivity contribution is 5.94. The van der Waals surface area contributed by atoms with Crippen LogP contribution in [0, 0.1) is 5.82 Å². The molecule has 5 N–H and O–H groups in total. The molecular formula is C26H30FN9O3. The lowest BCUT2D eigenvalue weighted by Gasteiger charge is -2.18. The topological polar surface area (TPSA) is 156 Å². The van der Waals surface area contributed by atoms with Crippen molar-refractivity contribution in [2.75, 3.05) is 31.5 Å². The number of fused-ring (bicyclic) bond motifs is 1. The van der Waals surface area contributed by atoms with E-state index in [2.05, 4.69) is 49.4 Å². The van der Waals surface area contributed by atoms with Crippen LogP contribution in [0.2, 0.25) is 0 Å². The van der Waals surface area contributed by atoms with Crippen LogP contribution < -0.4 is 27.0 Å². The molecule has 1 aliphatic carbocycles. The molecule has 0 atom stereocenters. The van der Waals surface area contributed by atoms with Gasteiger partial charge in [-0.05, 0) is 50.2 Å². The average Bonchev–Trinajstić information content (AvgIpc) is 3.55. The van der Waals surface area contributed by atoms with E-state index in [1.807, 2.05) is 0 Å². The molecule has 0 saturated heterocycles. The molecule has 1 amide bonds. The number of halogens is 1. The first-order chi connectivity index (χ1) is 18.8. The molecule has 0 spiro atoms. The molecular weight excluding hydrogens is 505 g/mol. The van der Waals surface area contributed by atoms with Crippen molar-refractivity contribution in [3.05, 3.63) is 68.7 Å². The Bertz CT molecular complexity index is 1680. The molecule has 13 heteroatoms. The first kappa shape index (κ1) is 26.1. The predicted octanol–water partition coefficient (Wildman–Crippen LogP) is 1.02. The second-order valence-corrected chi connectivity index (χ2v) is 9.28. The number of rotatable bonds is 10. The second kappa shape index (κ2) is 11.1. The second-order valence-electron chi connectivity index (χ2n) is 9.28. The molecule has 0 unspecified atom stereocenters. The Kier molecular flexibility index (Phi) is 7.41. The number of nitrogens with one attached hydrogen (secondary N) is 4. The highest BCUT2D eigenvalue weighted by Gasteiger charge is 2.20. The Labute approximate surface area is 222 Å². The van der Waals surface area contributed by atoms with Gasteiger partial charge in [0.2, 0.25) is 5.88 Å². The maximum Gasteiger partial charge on any atom is 0.326 e. The van der Waals surface area contributed by atoms with E-state index in [0.717, 1.165) is 32.5 Å². The van der Waals surface area contributed by atoms with Gasteiger partial charge in [0.1, 0.15) is 17.3 Å². The number of anilines is 2. The van der Waals surface area contributed by atoms with Gasteiger partial charge in [-0.2, -0.15) is 9.61 Å². The Morgan fingerprint density at radius 1 is 1.28 bits per heavy atom. The maximum atomic E-state index is 15.1. The van der Waals surface area contributed by atoms with E-state index in [1.54, 1.807) is 16.6 Å². The molecule has 1 fully saturated rings. The number of aromatic amines is 2. The summed E-state index contributed by atoms with van der Waals surface area (Å²) >= 11 is 0. The number of amides is 1. The number of likely N-dealkylation sites (N-methyl/N-ethyl adjacent to an activating group) is 1. The van der Waals surface area contributed by atoms with E-state index in [9.17, 15) is 14.7 Å². The van der Waals surface area contributed by atoms with E-state index in [4.69, 9.17) is 4.99 Å². The minimum Gasteiger partial charge on any atom is -0.493 e. The Hall–Kier alpha value is -4.52. The summed E-state index contributed by atoms with van der Waals surface area (Å²) in [5.74, 6) is -0.943. The highest BCUT2D eigenvalue weighted by atomic mass is 19.1. The number of imidazole rings is 1. The highest BCUT2D eigenvalue weighted by Crippen LogP contribution is 2.23. The largest absolute Gasteiger partial charge is 0.493 e. The van der Waals surface area contributed by atoms with Crippen LogP contribution in [0.5, 0.6) is 5.88 Å². The van der Waals surface area contributed by atoms with E-state index >= 15 is 4.39 Å². The summed E-state index contributed by atoms with van der Waals surface area (Å²) in [6.07, 6.45) is 5.01. The molecule has 4 aromatic rings. The van der Waals surface area contributed by atoms with Gasteiger partial charge in [-0.25, -0.2) is 14.2 Å². The summed E-state index contributed by atoms with van der Waals surface area (Å²) in [4.78, 5) is 40.3. The number of carbonyl (C=O) groups excluding carboxylic acids is 1. The SMILES string of the molecule is CCN(CC)CCNC(=O)c1ccc(Nc2cc(=NC3CC3)n3ncc(=Cc4[nH]c(=O)[nH]c4O)c3n2)c(F)c1. The van der Waals surface area contributed by atoms with Gasteiger partial charge in [-0.15, -0.1) is 0 Å². The normalized spacial score (nSPS) is 14.5. The van der Waals surface area contributed by atoms with Gasteiger partial charge >= 0.3 is 5.69 Å². The third kappa shape index (κ3) is 5.98. The Balaban J connectivity index is 1.42. The number of carbonyl (C=O) groups is 1. The number of hydrogen-bond acceptors (Lipinski definition) is 8. The monoisotopic (exact) mass is 535 g/mol. The minimum absolute atomic E-state index is 0.140. The Morgan fingerprint density at radius 2 is 2.08 bits per heavy atom. The first-order valence-electron chi connectivity index (χ1n) is 12.9. The van der Waals surface area contributed by atoms with E-state index < -0.39 is 11.5 Å². The van der Waals surface area contributed by atoms with Crippen molar-refractivity contribution in [3.63, 3.8) is 0 Å². The molecule has 1 aromatic carbocycles. The zero-order valence-electron chi connectivity index (χ0n) is 21.7. The van der Waals surface area contributed by atoms with Crippen LogP contribution in [0.15, 0.2) is 40.2 Å². The van der Waals surface area contributed by atoms with E-state index in [-0.39, 0.29) is 34.8 Å². The van der Waals surface area contributed by atoms with Crippen molar-refractivity contribution < 1.29 is 14.3 Å². The fraction of sp³-hybridized carbons (Fsp3) is 0.346. The summed E-state index contributed by atoms with van der Waals surface area (Å²) in [6, 6.07) is 6.08. The molecule has 3 heterocycles. The molecule has 5 rings (SSSR count). The zero-order valence-corrected chi connectivity index (χ0v) is 21.7. The number of aromatic nitrogens is 5. The smallest absolute Gasteiger partial charge is 0.326 e. The fourth-order valence-corrected chi connectivity index (χ4v) is 4.13. The minimum atomic E-state index is -0.608. The fourth-order valence-electron chi connectivity index (χ4n) is 4.13. The van der Waals surface area contributed by atoms with E-state index in [1.165, 1.54) is 24.4 Å². The van der Waals surface area contributed by atoms with Gasteiger partial charge in [0.25, 0.3) is 5.91 Å². The number of hydrogen-bond donors (Lipinski definition) is 5. The van der Waals surface area contributed by atoms with Crippen LogP contribution in [0.3, 0.4) is 0 Å². The molecule has 0 radical (unpaired) electrons. The molecule has 1 saturated carbocycles. The van der Waals surface area contributed by atoms with Crippen LogP contribution >= 0.6 is 0 Å². The number of benzene rings is 1. The summed E-state index contributed by atoms with van der Waals surface area (Å²) in [5.41, 5.74) is 0.908. The molecule has 39 heavy (non-hydrogen) atoms. The van der Waals surface area contributed by atoms with Crippen molar-refractivity contribution in [1.29, 1.82) is 0 Å². The van der Waals surface area contributed by atoms with Crippen molar-refractivity contribution >= 4 is 29.1 Å². The predicted molar refractivity (Wildman–Crippen MR) is 143 cm³/mol. The van der Waals surface area contributed by atoms with Crippen molar-refractivity contribution in [3.8, 4) is 5.88 Å². The van der Waals surface area contributed by atoms with Crippen LogP contribution in [0.1, 0.15) is 42.7 Å². The van der Waals surface area contributed by atoms with Crippen LogP contribution in [-0.2, 0) is 0 Å². The molecule has 12 nitrogen and oxygen atoms in total. The van der Waals surface area contributed by atoms with Crippen LogP contribution in [0.25, 0.3) is 11.7 Å². The van der Waals surface area contributed by atoms with Gasteiger partial charge in [0.15, 0.2) is 11.1 Å². The lowest BCUT2D eigenvalue weighted by Crippen LogP contribution is -2.34. The Morgan fingerprint density at radius 3 is 2.74 bits per heavy atom. The van der Waals surface area contributed by atoms with Crippen molar-refractivity contribution in [2.24, 2.45) is 4.99 Å². The van der Waals surface area contributed by atoms with E-state index in [0.29, 0.717) is 28.7 Å². The van der Waals surface area contributed by atoms with Crippen molar-refractivity contribution in [2.45, 2.75) is 32.7 Å². The van der Waals surface area contributed by atoms with Gasteiger partial charge < -0.3 is 25.6 Å². The maximum absolute atomic E-state index is 15.1. The third-order valence-corrected chi connectivity index (χ3v) is 6.48. The van der Waals surface area contributed by atoms with Gasteiger partial charge in [-0.3, -0.25) is 14.8 Å². The number of H-pyrrole nitrogens is 2. The lowest BCUT2D eigenvalue weighted by molar-refractivity contribution is 0.0948. The zero-order chi connectivity index (χ0) is 27.5. The molecule has 0 bridgehead atoms. The van der Waals surface area contributed by atoms with Crippen molar-refractivity contribution in [1.82, 2.24) is 34.8 Å². The summed E-state index contributed by atoms with van der Waals surface area (Å²) in [6.45, 7) is 7.09. The third-order valence-electron chi connectivity index (χ3n) is 6.48. The quantitative estimate of drug-likeness (QED) is 0.203. The lowest BCUT2D eigenvalue weighted by atomic mass is 10.2. The summed E-state index contributed by atoms with van der Waals surface area (Å²) < 4.78 is 16.6. The number of nitrogens with zero attached hydrogens (tertiary/aromatic N) is 5. The first-order valence-corrected chi connectivity index (χ1v) is 12.9. The van der Waals surface area contributed by atoms with Crippen LogP contribution in [0.4, 0.5) is 15.9 Å². The standard InChI is InChI=1S/C26H30FN9O3/c1-3-35(4-2)10-9-28-24(37)15-5-8-19(18(27)11-15)31-21-13-22(30-17-6-7-17)36-23(33-21)16(14-29-36)12-20-25(38)34-26(39)32-20/h5,8,11-14,17,31,38H,3-4,6-7,9-10H2,1-2H3,(H,28,37)(H2,32,34,39). The summed E-state index contributed by atoms with van der Waals surface area (Å²) in [7, 11) is 0. The molecule has 1 aliphatic rings. The molecule has 204 valence electrons. The molecule has 3 aromatic heterocycles. The average molecular weight is 536 g/mol. The van der Waals surface area contributed by atoms with Gasteiger partial charge in [0.05, 0.1) is 17.9 Å². The van der Waals surface area contributed by atoms with Gasteiger partial charge in [0, 0.05) is 29.9 Å². The van der Waals surface area contributed by atoms with Gasteiger partial charge in [-0.1, -0.05) is 13.8 Å². The van der Waals surface area contributed by atoms with Crippen LogP contribution in [-0.4, -0.2) is 72.7 Å². The number of aromatic hydroxyl groups is 1. The summed E-state index contributed by atoms with van der Waals surface area (Å²) in [5, 5.41) is 20.6.